The molecule has 0 N–H and O–H groups in total. The maximum absolute atomic E-state index is 2.34. The van der Waals surface area contributed by atoms with Gasteiger partial charge in [0.2, 0.25) is 0 Å². The largest absolute Gasteiger partial charge is 0.370 e. The lowest BCUT2D eigenvalue weighted by Gasteiger charge is -2.26. The van der Waals surface area contributed by atoms with Crippen LogP contribution in [0.1, 0.15) is 5.56 Å². The predicted octanol–water partition coefficient (Wildman–Crippen LogP) is 9.10. The molecule has 0 aliphatic heterocycles. The van der Waals surface area contributed by atoms with Crippen LogP contribution in [-0.4, -0.2) is 7.05 Å². The molecule has 6 aromatic rings. The summed E-state index contributed by atoms with van der Waals surface area (Å²) in [6, 6.07) is 49.7. The van der Waals surface area contributed by atoms with Gasteiger partial charge in [-0.25, -0.2) is 0 Å². The van der Waals surface area contributed by atoms with E-state index in [1.54, 1.807) is 0 Å². The Morgan fingerprint density at radius 3 is 1.56 bits per heavy atom. The summed E-state index contributed by atoms with van der Waals surface area (Å²) in [5, 5.41) is 5.23. The third kappa shape index (κ3) is 4.18. The molecule has 0 atom stereocenters. The molecule has 174 valence electrons. The molecule has 2 nitrogen and oxygen atoms in total. The van der Waals surface area contributed by atoms with Crippen molar-refractivity contribution in [1.82, 2.24) is 0 Å². The van der Waals surface area contributed by atoms with Crippen molar-refractivity contribution in [3.8, 4) is 0 Å². The number of para-hydroxylation sites is 2. The molecule has 0 saturated carbocycles. The highest BCUT2D eigenvalue weighted by atomic mass is 15.1. The van der Waals surface area contributed by atoms with E-state index in [2.05, 4.69) is 156 Å². The molecule has 0 radical (unpaired) electrons. The summed E-state index contributed by atoms with van der Waals surface area (Å²) in [5.41, 5.74) is 5.96. The third-order valence-corrected chi connectivity index (χ3v) is 6.84. The summed E-state index contributed by atoms with van der Waals surface area (Å²) in [7, 11) is 2.17. The Hall–Kier alpha value is -4.56. The normalized spacial score (nSPS) is 11.0. The Balaban J connectivity index is 1.33. The molecule has 0 fully saturated rings. The Morgan fingerprint density at radius 2 is 0.917 bits per heavy atom. The molecule has 2 heteroatoms. The lowest BCUT2D eigenvalue weighted by atomic mass is 9.97. The van der Waals surface area contributed by atoms with Crippen molar-refractivity contribution >= 4 is 44.3 Å². The fraction of sp³-hybridized carbons (Fsp3) is 0.0588. The highest BCUT2D eigenvalue weighted by Crippen LogP contribution is 2.35. The van der Waals surface area contributed by atoms with E-state index in [9.17, 15) is 0 Å². The van der Waals surface area contributed by atoms with Crippen molar-refractivity contribution in [2.75, 3.05) is 16.8 Å². The third-order valence-electron chi connectivity index (χ3n) is 6.84. The molecule has 6 rings (SSSR count). The maximum atomic E-state index is 2.34. The summed E-state index contributed by atoms with van der Waals surface area (Å²) >= 11 is 0. The van der Waals surface area contributed by atoms with Gasteiger partial charge in [-0.15, -0.1) is 0 Å². The van der Waals surface area contributed by atoms with Crippen LogP contribution in [-0.2, 0) is 6.54 Å². The van der Waals surface area contributed by atoms with Crippen LogP contribution in [0.5, 0.6) is 0 Å². The molecule has 0 bridgehead atoms. The first-order chi connectivity index (χ1) is 17.8. The van der Waals surface area contributed by atoms with Gasteiger partial charge in [0, 0.05) is 36.3 Å². The van der Waals surface area contributed by atoms with Gasteiger partial charge in [0.25, 0.3) is 0 Å². The van der Waals surface area contributed by atoms with Gasteiger partial charge in [-0.2, -0.15) is 0 Å². The highest BCUT2D eigenvalue weighted by Gasteiger charge is 2.13. The average molecular weight is 465 g/mol. The van der Waals surface area contributed by atoms with Crippen LogP contribution in [0, 0.1) is 0 Å². The number of benzene rings is 6. The van der Waals surface area contributed by atoms with Crippen molar-refractivity contribution in [3.05, 3.63) is 145 Å². The lowest BCUT2D eigenvalue weighted by molar-refractivity contribution is 0.932. The first-order valence-corrected chi connectivity index (χ1v) is 12.4. The molecule has 0 spiro atoms. The monoisotopic (exact) mass is 464 g/mol. The number of nitrogens with zero attached hydrogens (tertiary/aromatic N) is 2. The van der Waals surface area contributed by atoms with E-state index in [1.807, 2.05) is 0 Å². The van der Waals surface area contributed by atoms with E-state index >= 15 is 0 Å². The van der Waals surface area contributed by atoms with Crippen LogP contribution in [0.3, 0.4) is 0 Å². The number of fused-ring (bicyclic) bond motifs is 3. The number of anilines is 4. The van der Waals surface area contributed by atoms with E-state index < -0.39 is 0 Å². The smallest absolute Gasteiger partial charge is 0.0463 e. The topological polar surface area (TPSA) is 6.48 Å². The van der Waals surface area contributed by atoms with Gasteiger partial charge in [-0.1, -0.05) is 84.9 Å². The first kappa shape index (κ1) is 21.9. The fourth-order valence-electron chi connectivity index (χ4n) is 5.07. The van der Waals surface area contributed by atoms with Gasteiger partial charge in [-0.05, 0) is 81.7 Å². The lowest BCUT2D eigenvalue weighted by Crippen LogP contribution is -2.17. The Morgan fingerprint density at radius 1 is 0.444 bits per heavy atom. The van der Waals surface area contributed by atoms with Gasteiger partial charge in [0.1, 0.15) is 0 Å². The van der Waals surface area contributed by atoms with Gasteiger partial charge >= 0.3 is 0 Å². The fourth-order valence-corrected chi connectivity index (χ4v) is 5.07. The molecule has 6 aromatic carbocycles. The van der Waals surface area contributed by atoms with Gasteiger partial charge in [0.05, 0.1) is 0 Å². The van der Waals surface area contributed by atoms with Gasteiger partial charge in [0.15, 0.2) is 0 Å². The van der Waals surface area contributed by atoms with Crippen LogP contribution < -0.4 is 9.80 Å². The minimum atomic E-state index is 0.839. The summed E-state index contributed by atoms with van der Waals surface area (Å²) in [6.07, 6.45) is 0. The summed E-state index contributed by atoms with van der Waals surface area (Å²) in [4.78, 5) is 4.62. The van der Waals surface area contributed by atoms with Crippen molar-refractivity contribution in [2.24, 2.45) is 0 Å². The maximum Gasteiger partial charge on any atom is 0.0463 e. The molecule has 36 heavy (non-hydrogen) atoms. The van der Waals surface area contributed by atoms with Crippen molar-refractivity contribution < 1.29 is 0 Å². The quantitative estimate of drug-likeness (QED) is 0.227. The first-order valence-electron chi connectivity index (χ1n) is 12.4. The zero-order valence-corrected chi connectivity index (χ0v) is 20.4. The summed E-state index contributed by atoms with van der Waals surface area (Å²) in [6.45, 7) is 0.839. The average Bonchev–Trinajstić information content (AvgIpc) is 2.95. The summed E-state index contributed by atoms with van der Waals surface area (Å²) in [5.74, 6) is 0. The van der Waals surface area contributed by atoms with E-state index in [1.165, 1.54) is 32.8 Å². The minimum Gasteiger partial charge on any atom is -0.370 e. The Kier molecular flexibility index (Phi) is 5.85. The van der Waals surface area contributed by atoms with E-state index in [4.69, 9.17) is 0 Å². The van der Waals surface area contributed by atoms with Gasteiger partial charge in [-0.3, -0.25) is 0 Å². The molecular weight excluding hydrogens is 436 g/mol. The molecule has 0 saturated heterocycles. The molecule has 0 unspecified atom stereocenters. The Labute approximate surface area is 212 Å². The zero-order chi connectivity index (χ0) is 24.3. The molecule has 0 heterocycles. The number of rotatable bonds is 6. The van der Waals surface area contributed by atoms with Gasteiger partial charge < -0.3 is 9.80 Å². The molecule has 0 amide bonds. The van der Waals surface area contributed by atoms with Crippen LogP contribution >= 0.6 is 0 Å². The molecule has 0 aromatic heterocycles. The minimum absolute atomic E-state index is 0.839. The van der Waals surface area contributed by atoms with Crippen molar-refractivity contribution in [1.29, 1.82) is 0 Å². The molecular formula is C34H28N2. The van der Waals surface area contributed by atoms with E-state index in [0.717, 1.165) is 23.6 Å². The second kappa shape index (κ2) is 9.59. The second-order valence-corrected chi connectivity index (χ2v) is 9.18. The van der Waals surface area contributed by atoms with E-state index in [0.29, 0.717) is 0 Å². The van der Waals surface area contributed by atoms with Crippen LogP contribution in [0.2, 0.25) is 0 Å². The SMILES string of the molecule is CN(Cc1cc2ccccc2c2ccccc12)c1ccc(N(c2ccccc2)c2ccccc2)cc1. The Bertz CT molecular complexity index is 1570. The van der Waals surface area contributed by atoms with Crippen molar-refractivity contribution in [2.45, 2.75) is 6.54 Å². The standard InChI is InChI=1S/C34H28N2/c1-35(25-27-24-26-12-8-9-17-32(26)34-19-11-10-18-33(27)34)28-20-22-31(23-21-28)36(29-13-4-2-5-14-29)30-15-6-3-7-16-30/h2-24H,25H2,1H3. The highest BCUT2D eigenvalue weighted by molar-refractivity contribution is 6.09. The number of hydrogen-bond acceptors (Lipinski definition) is 2. The van der Waals surface area contributed by atoms with Crippen LogP contribution in [0.4, 0.5) is 22.7 Å². The molecule has 0 aliphatic carbocycles. The predicted molar refractivity (Wildman–Crippen MR) is 155 cm³/mol. The van der Waals surface area contributed by atoms with Crippen LogP contribution in [0.15, 0.2) is 140 Å². The zero-order valence-electron chi connectivity index (χ0n) is 20.4. The van der Waals surface area contributed by atoms with E-state index in [-0.39, 0.29) is 0 Å². The summed E-state index contributed by atoms with van der Waals surface area (Å²) < 4.78 is 0. The number of hydrogen-bond donors (Lipinski definition) is 0. The van der Waals surface area contributed by atoms with Crippen molar-refractivity contribution in [3.63, 3.8) is 0 Å². The second-order valence-electron chi connectivity index (χ2n) is 9.18. The van der Waals surface area contributed by atoms with Crippen LogP contribution in [0.25, 0.3) is 21.5 Å². The molecule has 0 aliphatic rings.